The van der Waals surface area contributed by atoms with Crippen molar-refractivity contribution in [2.24, 2.45) is 5.92 Å². The first-order valence-corrected chi connectivity index (χ1v) is 4.29. The highest BCUT2D eigenvalue weighted by atomic mass is 16.5. The molecule has 0 aromatic carbocycles. The molecule has 0 aromatic rings. The Hall–Kier alpha value is -0.370. The lowest BCUT2D eigenvalue weighted by Crippen LogP contribution is -2.18. The molecule has 64 valence electrons. The average molecular weight is 156 g/mol. The molecule has 1 aliphatic rings. The van der Waals surface area contributed by atoms with Crippen LogP contribution in [0.15, 0.2) is 0 Å². The SMILES string of the molecule is COC(C)C(=O)CCC1CC1. The van der Waals surface area contributed by atoms with Gasteiger partial charge in [0, 0.05) is 13.5 Å². The van der Waals surface area contributed by atoms with Gasteiger partial charge in [-0.05, 0) is 19.3 Å². The lowest BCUT2D eigenvalue weighted by atomic mass is 10.1. The first kappa shape index (κ1) is 8.72. The Morgan fingerprint density at radius 2 is 2.27 bits per heavy atom. The predicted octanol–water partition coefficient (Wildman–Crippen LogP) is 1.78. The van der Waals surface area contributed by atoms with E-state index in [0.717, 1.165) is 12.3 Å². The van der Waals surface area contributed by atoms with Crippen LogP contribution in [0.3, 0.4) is 0 Å². The van der Waals surface area contributed by atoms with E-state index in [1.54, 1.807) is 7.11 Å². The number of Topliss-reactive ketones (excluding diaryl/α,β-unsaturated/α-hetero) is 1. The van der Waals surface area contributed by atoms with Gasteiger partial charge in [0.25, 0.3) is 0 Å². The summed E-state index contributed by atoms with van der Waals surface area (Å²) in [6, 6.07) is 0. The van der Waals surface area contributed by atoms with Crippen molar-refractivity contribution in [3.63, 3.8) is 0 Å². The van der Waals surface area contributed by atoms with E-state index in [0.29, 0.717) is 6.42 Å². The van der Waals surface area contributed by atoms with Crippen LogP contribution < -0.4 is 0 Å². The summed E-state index contributed by atoms with van der Waals surface area (Å²) < 4.78 is 4.92. The van der Waals surface area contributed by atoms with E-state index in [1.165, 1.54) is 12.8 Å². The third-order valence-corrected chi connectivity index (χ3v) is 2.30. The average Bonchev–Trinajstić information content (AvgIpc) is 2.81. The highest BCUT2D eigenvalue weighted by molar-refractivity contribution is 5.82. The van der Waals surface area contributed by atoms with Gasteiger partial charge in [-0.25, -0.2) is 0 Å². The maximum Gasteiger partial charge on any atom is 0.161 e. The second-order valence-electron chi connectivity index (χ2n) is 3.33. The fraction of sp³-hybridized carbons (Fsp3) is 0.889. The van der Waals surface area contributed by atoms with Crippen LogP contribution in [-0.4, -0.2) is 19.0 Å². The lowest BCUT2D eigenvalue weighted by Gasteiger charge is -2.06. The molecule has 2 nitrogen and oxygen atoms in total. The Morgan fingerprint density at radius 1 is 1.64 bits per heavy atom. The normalized spacial score (nSPS) is 19.8. The summed E-state index contributed by atoms with van der Waals surface area (Å²) in [5.41, 5.74) is 0. The molecule has 1 fully saturated rings. The molecule has 0 heterocycles. The fourth-order valence-corrected chi connectivity index (χ4v) is 1.09. The van der Waals surface area contributed by atoms with Crippen molar-refractivity contribution in [2.75, 3.05) is 7.11 Å². The number of ketones is 1. The van der Waals surface area contributed by atoms with Crippen molar-refractivity contribution >= 4 is 5.78 Å². The summed E-state index contributed by atoms with van der Waals surface area (Å²) in [5, 5.41) is 0. The van der Waals surface area contributed by atoms with Gasteiger partial charge in [-0.1, -0.05) is 12.8 Å². The molecule has 0 bridgehead atoms. The third kappa shape index (κ3) is 3.02. The zero-order valence-electron chi connectivity index (χ0n) is 7.30. The number of hydrogen-bond donors (Lipinski definition) is 0. The predicted molar refractivity (Wildman–Crippen MR) is 43.4 cm³/mol. The monoisotopic (exact) mass is 156 g/mol. The van der Waals surface area contributed by atoms with E-state index in [9.17, 15) is 4.79 Å². The number of carbonyl (C=O) groups is 1. The molecule has 2 heteroatoms. The fourth-order valence-electron chi connectivity index (χ4n) is 1.09. The van der Waals surface area contributed by atoms with Gasteiger partial charge in [-0.2, -0.15) is 0 Å². The first-order valence-electron chi connectivity index (χ1n) is 4.29. The summed E-state index contributed by atoms with van der Waals surface area (Å²) in [5.74, 6) is 1.10. The van der Waals surface area contributed by atoms with Crippen LogP contribution in [-0.2, 0) is 9.53 Å². The number of carbonyl (C=O) groups excluding carboxylic acids is 1. The quantitative estimate of drug-likeness (QED) is 0.606. The van der Waals surface area contributed by atoms with Gasteiger partial charge in [0.2, 0.25) is 0 Å². The van der Waals surface area contributed by atoms with Gasteiger partial charge in [0.1, 0.15) is 6.10 Å². The minimum absolute atomic E-state index is 0.200. The third-order valence-electron chi connectivity index (χ3n) is 2.30. The molecule has 0 radical (unpaired) electrons. The van der Waals surface area contributed by atoms with Crippen LogP contribution in [0.2, 0.25) is 0 Å². The van der Waals surface area contributed by atoms with E-state index < -0.39 is 0 Å². The Balaban J connectivity index is 2.08. The molecule has 0 saturated heterocycles. The molecular formula is C9H16O2. The zero-order valence-corrected chi connectivity index (χ0v) is 7.30. The van der Waals surface area contributed by atoms with Crippen molar-refractivity contribution in [3.8, 4) is 0 Å². The van der Waals surface area contributed by atoms with Gasteiger partial charge in [-0.3, -0.25) is 4.79 Å². The summed E-state index contributed by atoms with van der Waals surface area (Å²) in [6.45, 7) is 1.81. The number of methoxy groups -OCH3 is 1. The van der Waals surface area contributed by atoms with Crippen molar-refractivity contribution < 1.29 is 9.53 Å². The van der Waals surface area contributed by atoms with E-state index in [4.69, 9.17) is 4.74 Å². The minimum atomic E-state index is -0.200. The van der Waals surface area contributed by atoms with E-state index >= 15 is 0 Å². The highest BCUT2D eigenvalue weighted by Gasteiger charge is 2.23. The second-order valence-corrected chi connectivity index (χ2v) is 3.33. The van der Waals surface area contributed by atoms with Gasteiger partial charge in [-0.15, -0.1) is 0 Å². The Kier molecular flexibility index (Phi) is 3.06. The van der Waals surface area contributed by atoms with Crippen molar-refractivity contribution in [2.45, 2.75) is 38.7 Å². The van der Waals surface area contributed by atoms with Crippen LogP contribution in [0, 0.1) is 5.92 Å². The summed E-state index contributed by atoms with van der Waals surface area (Å²) >= 11 is 0. The van der Waals surface area contributed by atoms with Crippen molar-refractivity contribution in [1.29, 1.82) is 0 Å². The van der Waals surface area contributed by atoms with E-state index in [-0.39, 0.29) is 11.9 Å². The standard InChI is InChI=1S/C9H16O2/c1-7(11-2)9(10)6-5-8-3-4-8/h7-8H,3-6H2,1-2H3. The molecule has 1 saturated carbocycles. The van der Waals surface area contributed by atoms with Gasteiger partial charge < -0.3 is 4.74 Å². The molecule has 0 amide bonds. The number of hydrogen-bond acceptors (Lipinski definition) is 2. The number of ether oxygens (including phenoxy) is 1. The molecular weight excluding hydrogens is 140 g/mol. The number of rotatable bonds is 5. The Bertz CT molecular complexity index is 138. The molecule has 0 N–H and O–H groups in total. The topological polar surface area (TPSA) is 26.3 Å². The lowest BCUT2D eigenvalue weighted by molar-refractivity contribution is -0.128. The minimum Gasteiger partial charge on any atom is -0.374 e. The van der Waals surface area contributed by atoms with Crippen LogP contribution >= 0.6 is 0 Å². The molecule has 1 rings (SSSR count). The maximum absolute atomic E-state index is 11.2. The Labute approximate surface area is 67.9 Å². The Morgan fingerprint density at radius 3 is 2.73 bits per heavy atom. The summed E-state index contributed by atoms with van der Waals surface area (Å²) in [6.07, 6.45) is 4.24. The van der Waals surface area contributed by atoms with E-state index in [2.05, 4.69) is 0 Å². The van der Waals surface area contributed by atoms with Gasteiger partial charge >= 0.3 is 0 Å². The van der Waals surface area contributed by atoms with Gasteiger partial charge in [0.05, 0.1) is 0 Å². The molecule has 0 spiro atoms. The van der Waals surface area contributed by atoms with Crippen molar-refractivity contribution in [1.82, 2.24) is 0 Å². The molecule has 1 aliphatic carbocycles. The molecule has 0 aliphatic heterocycles. The molecule has 0 aromatic heterocycles. The molecule has 11 heavy (non-hydrogen) atoms. The van der Waals surface area contributed by atoms with Crippen LogP contribution in [0.25, 0.3) is 0 Å². The highest BCUT2D eigenvalue weighted by Crippen LogP contribution is 2.33. The molecule has 1 unspecified atom stereocenters. The summed E-state index contributed by atoms with van der Waals surface area (Å²) in [7, 11) is 1.58. The molecule has 1 atom stereocenters. The largest absolute Gasteiger partial charge is 0.374 e. The zero-order chi connectivity index (χ0) is 8.27. The van der Waals surface area contributed by atoms with Crippen LogP contribution in [0.1, 0.15) is 32.6 Å². The smallest absolute Gasteiger partial charge is 0.161 e. The maximum atomic E-state index is 11.2. The van der Waals surface area contributed by atoms with Crippen LogP contribution in [0.5, 0.6) is 0 Å². The first-order chi connectivity index (χ1) is 5.24. The second kappa shape index (κ2) is 3.86. The van der Waals surface area contributed by atoms with Crippen LogP contribution in [0.4, 0.5) is 0 Å². The van der Waals surface area contributed by atoms with E-state index in [1.807, 2.05) is 6.92 Å². The van der Waals surface area contributed by atoms with Crippen molar-refractivity contribution in [3.05, 3.63) is 0 Å². The van der Waals surface area contributed by atoms with Gasteiger partial charge in [0.15, 0.2) is 5.78 Å². The summed E-state index contributed by atoms with van der Waals surface area (Å²) in [4.78, 5) is 11.2.